The van der Waals surface area contributed by atoms with Crippen LogP contribution in [0.3, 0.4) is 0 Å². The Kier molecular flexibility index (Phi) is 103. The summed E-state index contributed by atoms with van der Waals surface area (Å²) in [5.74, 6) is -2.17. The van der Waals surface area contributed by atoms with Gasteiger partial charge in [-0.05, 0) is 57.2 Å². The van der Waals surface area contributed by atoms with Crippen LogP contribution in [0.15, 0.2) is 0 Å². The number of halogens is 4. The molecule has 2 saturated carbocycles. The summed E-state index contributed by atoms with van der Waals surface area (Å²) in [5.41, 5.74) is 2.17. The lowest BCUT2D eigenvalue weighted by Crippen LogP contribution is -2.33. The summed E-state index contributed by atoms with van der Waals surface area (Å²) in [5, 5.41) is 0. The molecule has 0 heterocycles. The predicted molar refractivity (Wildman–Crippen MR) is 346 cm³/mol. The van der Waals surface area contributed by atoms with Crippen molar-refractivity contribution in [2.75, 3.05) is 0 Å². The van der Waals surface area contributed by atoms with Gasteiger partial charge in [-0.3, -0.25) is 0 Å². The molecule has 0 aliphatic heterocycles. The molecule has 2 aliphatic rings. The van der Waals surface area contributed by atoms with E-state index < -0.39 is 11.8 Å². The number of hydrogen-bond donors (Lipinski definition) is 0. The maximum Gasteiger partial charge on any atom is 0.307 e. The summed E-state index contributed by atoms with van der Waals surface area (Å²) in [6.45, 7) is 83.3. The van der Waals surface area contributed by atoms with Crippen LogP contribution < -0.4 is 0 Å². The van der Waals surface area contributed by atoms with Crippen molar-refractivity contribution in [3.05, 3.63) is 0 Å². The van der Waals surface area contributed by atoms with E-state index >= 15 is 0 Å². The van der Waals surface area contributed by atoms with Crippen molar-refractivity contribution in [1.29, 1.82) is 0 Å². The molecule has 2 aliphatic carbocycles. The number of hydrogen-bond acceptors (Lipinski definition) is 0. The summed E-state index contributed by atoms with van der Waals surface area (Å²) < 4.78 is 45.9. The van der Waals surface area contributed by atoms with E-state index in [1.54, 1.807) is 0 Å². The molecule has 73 heavy (non-hydrogen) atoms. The first-order chi connectivity index (χ1) is 32.9. The van der Waals surface area contributed by atoms with Crippen LogP contribution in [0.2, 0.25) is 0 Å². The predicted octanol–water partition coefficient (Wildman–Crippen LogP) is 29.2. The van der Waals surface area contributed by atoms with Gasteiger partial charge >= 0.3 is 11.8 Å². The highest BCUT2D eigenvalue weighted by molar-refractivity contribution is 4.74. The standard InChI is InChI=1S/C7H14.C7H16.C6H12.3C6H14.3C5H12.C4H6F4.C4H10.4C2H6/c1-7-5-3-2-4-6-7;1-5-7(3,4)6-2;1-6-4-2-3-5-6;2*1-5-6(2,3)4;1-4-6(3)5-2;1-5(2,3)4;2*1-4-5(2)3;1-3(5,6)4(2,7)8;1-4(2)3;4*1-2/h7H,2-6H2,1H3;5-6H2,1-4H3;6H,2-5H2,1H3;2*5H2,1-4H3;6H,4-5H2,1-3H3;1-4H3;2*5H,4H2,1-3H3;1-2H3;4H,1-3H3;4*1-2H3. The number of rotatable bonds is 7. The molecule has 4 heteroatoms. The largest absolute Gasteiger partial charge is 0.307 e. The zero-order valence-electron chi connectivity index (χ0n) is 60.0. The van der Waals surface area contributed by atoms with E-state index in [4.69, 9.17) is 0 Å². The summed E-state index contributed by atoms with van der Waals surface area (Å²) in [7, 11) is 0. The zero-order chi connectivity index (χ0) is 62.5. The average Bonchev–Trinajstić information content (AvgIpc) is 3.79. The second-order valence-electron chi connectivity index (χ2n) is 25.9. The Morgan fingerprint density at radius 2 is 0.493 bits per heavy atom. The first kappa shape index (κ1) is 105. The quantitative estimate of drug-likeness (QED) is 0.223. The minimum atomic E-state index is -3.90. The highest BCUT2D eigenvalue weighted by atomic mass is 19.3. The number of alkyl halides is 4. The smallest absolute Gasteiger partial charge is 0.200 e. The molecule has 0 N–H and O–H groups in total. The van der Waals surface area contributed by atoms with Gasteiger partial charge < -0.3 is 0 Å². The van der Waals surface area contributed by atoms with E-state index in [1.165, 1.54) is 109 Å². The van der Waals surface area contributed by atoms with Crippen LogP contribution in [0.5, 0.6) is 0 Å². The van der Waals surface area contributed by atoms with Crippen molar-refractivity contribution in [2.45, 2.75) is 398 Å². The Morgan fingerprint density at radius 1 is 0.342 bits per heavy atom. The van der Waals surface area contributed by atoms with Crippen molar-refractivity contribution >= 4 is 0 Å². The third kappa shape index (κ3) is 182. The fourth-order valence-corrected chi connectivity index (χ4v) is 2.98. The van der Waals surface area contributed by atoms with Gasteiger partial charge in [-0.15, -0.1) is 0 Å². The molecule has 0 radical (unpaired) electrons. The maximum atomic E-state index is 11.5. The van der Waals surface area contributed by atoms with Gasteiger partial charge in [0.15, 0.2) is 0 Å². The Balaban J connectivity index is -0.0000000488. The van der Waals surface area contributed by atoms with Crippen molar-refractivity contribution in [1.82, 2.24) is 0 Å². The Bertz CT molecular complexity index is 773. The van der Waals surface area contributed by atoms with Crippen LogP contribution >= 0.6 is 0 Å². The molecule has 2 fully saturated rings. The molecule has 0 aromatic rings. The molecule has 2 rings (SSSR count). The summed E-state index contributed by atoms with van der Waals surface area (Å²) in [6, 6.07) is 0. The van der Waals surface area contributed by atoms with Crippen LogP contribution in [0.1, 0.15) is 386 Å². The molecule has 0 nitrogen and oxygen atoms in total. The van der Waals surface area contributed by atoms with Gasteiger partial charge in [-0.1, -0.05) is 372 Å². The molecule has 464 valence electrons. The van der Waals surface area contributed by atoms with Crippen LogP contribution in [0.25, 0.3) is 0 Å². The van der Waals surface area contributed by atoms with Gasteiger partial charge in [0.25, 0.3) is 0 Å². The molecule has 0 amide bonds. The third-order valence-electron chi connectivity index (χ3n) is 11.4. The van der Waals surface area contributed by atoms with Crippen LogP contribution in [0, 0.1) is 57.2 Å². The van der Waals surface area contributed by atoms with Crippen molar-refractivity contribution in [3.8, 4) is 0 Å². The SMILES string of the molecule is CC.CC.CC.CC.CC(C)(C)C.CC(C)C.CC(F)(F)C(C)(F)F.CC1CCCC1.CC1CCCCC1.CCC(C)(C)C.CCC(C)(C)C.CCC(C)(C)CC.CCC(C)C.CCC(C)C.CCC(C)CC. The zero-order valence-corrected chi connectivity index (χ0v) is 60.0. The van der Waals surface area contributed by atoms with Crippen molar-refractivity contribution in [3.63, 3.8) is 0 Å². The van der Waals surface area contributed by atoms with E-state index in [-0.39, 0.29) is 13.8 Å². The van der Waals surface area contributed by atoms with Gasteiger partial charge in [-0.2, -0.15) is 0 Å². The van der Waals surface area contributed by atoms with Gasteiger partial charge in [-0.25, -0.2) is 17.6 Å². The lowest BCUT2D eigenvalue weighted by Gasteiger charge is -2.18. The molecular weight excluding hydrogens is 905 g/mol. The molecule has 0 bridgehead atoms. The fourth-order valence-electron chi connectivity index (χ4n) is 2.98. The summed E-state index contributed by atoms with van der Waals surface area (Å²) in [4.78, 5) is 0. The highest BCUT2D eigenvalue weighted by Crippen LogP contribution is 2.32. The van der Waals surface area contributed by atoms with Crippen LogP contribution in [-0.2, 0) is 0 Å². The van der Waals surface area contributed by atoms with Crippen LogP contribution in [0.4, 0.5) is 17.6 Å². The van der Waals surface area contributed by atoms with Gasteiger partial charge in [0.1, 0.15) is 0 Å². The first-order valence-electron chi connectivity index (χ1n) is 31.6. The molecule has 0 unspecified atom stereocenters. The van der Waals surface area contributed by atoms with Crippen molar-refractivity contribution in [2.24, 2.45) is 57.2 Å². The molecule has 0 aromatic heterocycles. The molecule has 0 saturated heterocycles. The maximum absolute atomic E-state index is 11.5. The Morgan fingerprint density at radius 3 is 0.521 bits per heavy atom. The summed E-state index contributed by atoms with van der Waals surface area (Å²) in [6.07, 6.45) is 23.8. The Hall–Kier alpha value is -0.280. The molecule has 0 atom stereocenters. The van der Waals surface area contributed by atoms with E-state index in [0.29, 0.717) is 21.7 Å². The van der Waals surface area contributed by atoms with E-state index in [0.717, 1.165) is 35.5 Å². The van der Waals surface area contributed by atoms with Gasteiger partial charge in [0.05, 0.1) is 0 Å². The van der Waals surface area contributed by atoms with Crippen molar-refractivity contribution < 1.29 is 17.6 Å². The minimum Gasteiger partial charge on any atom is -0.200 e. The lowest BCUT2D eigenvalue weighted by atomic mass is 9.88. The minimum absolute atomic E-state index is 0.188. The second-order valence-corrected chi connectivity index (χ2v) is 25.9. The van der Waals surface area contributed by atoms with Gasteiger partial charge in [0.2, 0.25) is 0 Å². The van der Waals surface area contributed by atoms with E-state index in [9.17, 15) is 17.6 Å². The van der Waals surface area contributed by atoms with E-state index in [1.807, 2.05) is 55.4 Å². The second kappa shape index (κ2) is 71.7. The first-order valence-corrected chi connectivity index (χ1v) is 31.6. The lowest BCUT2D eigenvalue weighted by molar-refractivity contribution is -0.185. The normalized spacial score (nSPS) is 13.0. The highest BCUT2D eigenvalue weighted by Gasteiger charge is 2.47. The van der Waals surface area contributed by atoms with Gasteiger partial charge in [0, 0.05) is 13.8 Å². The Labute approximate surface area is 470 Å². The molecular formula is C69H160F4. The summed E-state index contributed by atoms with van der Waals surface area (Å²) >= 11 is 0. The topological polar surface area (TPSA) is 0 Å². The van der Waals surface area contributed by atoms with E-state index in [2.05, 4.69) is 208 Å². The molecule has 0 spiro atoms. The monoisotopic (exact) mass is 1070 g/mol. The van der Waals surface area contributed by atoms with Crippen LogP contribution in [-0.4, -0.2) is 11.8 Å². The fraction of sp³-hybridized carbons (Fsp3) is 1.00. The molecule has 0 aromatic carbocycles. The third-order valence-corrected chi connectivity index (χ3v) is 11.4. The average molecular weight is 1070 g/mol.